The van der Waals surface area contributed by atoms with Gasteiger partial charge in [-0.1, -0.05) is 34.5 Å². The molecule has 0 spiro atoms. The second-order valence-corrected chi connectivity index (χ2v) is 7.95. The summed E-state index contributed by atoms with van der Waals surface area (Å²) in [5.41, 5.74) is 2.41. The van der Waals surface area contributed by atoms with Crippen molar-refractivity contribution < 1.29 is 18.0 Å². The molecule has 1 saturated carbocycles. The maximum absolute atomic E-state index is 13.0. The minimum absolute atomic E-state index is 0.0994. The smallest absolute Gasteiger partial charge is 0.310 e. The number of aromatic nitrogens is 2. The number of hydrogen-bond acceptors (Lipinski definition) is 2. The molecule has 4 nitrogen and oxygen atoms in total. The van der Waals surface area contributed by atoms with Crippen molar-refractivity contribution in [2.75, 3.05) is 5.32 Å². The molecule has 1 aromatic carbocycles. The Balaban J connectivity index is 1.83. The molecule has 2 unspecified atom stereocenters. The average Bonchev–Trinajstić information content (AvgIpc) is 2.88. The second-order valence-electron chi connectivity index (χ2n) is 7.03. The van der Waals surface area contributed by atoms with E-state index in [1.54, 1.807) is 11.7 Å². The molecule has 0 saturated heterocycles. The number of anilines is 1. The first-order valence-electron chi connectivity index (χ1n) is 8.84. The van der Waals surface area contributed by atoms with Gasteiger partial charge in [-0.05, 0) is 43.9 Å². The number of benzene rings is 1. The van der Waals surface area contributed by atoms with E-state index >= 15 is 0 Å². The molecule has 0 aliphatic heterocycles. The zero-order valence-corrected chi connectivity index (χ0v) is 16.7. The summed E-state index contributed by atoms with van der Waals surface area (Å²) in [5.74, 6) is -1.90. The van der Waals surface area contributed by atoms with Crippen LogP contribution in [-0.4, -0.2) is 21.9 Å². The first kappa shape index (κ1) is 19.9. The van der Waals surface area contributed by atoms with E-state index in [-0.39, 0.29) is 18.7 Å². The van der Waals surface area contributed by atoms with Crippen LogP contribution < -0.4 is 5.32 Å². The van der Waals surface area contributed by atoms with Crippen molar-refractivity contribution in [3.63, 3.8) is 0 Å². The zero-order chi connectivity index (χ0) is 19.8. The van der Waals surface area contributed by atoms with Crippen LogP contribution in [0.3, 0.4) is 0 Å². The molecular formula is C19H21BrF3N3O. The maximum Gasteiger partial charge on any atom is 0.391 e. The minimum Gasteiger partial charge on any atom is -0.310 e. The van der Waals surface area contributed by atoms with E-state index in [1.165, 1.54) is 0 Å². The van der Waals surface area contributed by atoms with Crippen LogP contribution in [0.4, 0.5) is 19.0 Å². The van der Waals surface area contributed by atoms with E-state index < -0.39 is 18.0 Å². The fourth-order valence-electron chi connectivity index (χ4n) is 3.71. The number of aryl methyl sites for hydroxylation is 2. The lowest BCUT2D eigenvalue weighted by atomic mass is 9.80. The fraction of sp³-hybridized carbons (Fsp3) is 0.474. The Morgan fingerprint density at radius 2 is 1.93 bits per heavy atom. The van der Waals surface area contributed by atoms with Gasteiger partial charge in [0, 0.05) is 23.0 Å². The maximum atomic E-state index is 13.0. The summed E-state index contributed by atoms with van der Waals surface area (Å²) in [5, 5.41) is 7.21. The lowest BCUT2D eigenvalue weighted by Crippen LogP contribution is -2.34. The van der Waals surface area contributed by atoms with Crippen molar-refractivity contribution in [2.24, 2.45) is 18.9 Å². The van der Waals surface area contributed by atoms with Crippen LogP contribution in [0.15, 0.2) is 28.7 Å². The van der Waals surface area contributed by atoms with Crippen LogP contribution in [-0.2, 0) is 11.8 Å². The third-order valence-electron chi connectivity index (χ3n) is 5.10. The van der Waals surface area contributed by atoms with E-state index in [0.29, 0.717) is 18.7 Å². The molecule has 1 heterocycles. The van der Waals surface area contributed by atoms with Gasteiger partial charge in [-0.25, -0.2) is 0 Å². The van der Waals surface area contributed by atoms with E-state index in [9.17, 15) is 18.0 Å². The van der Waals surface area contributed by atoms with E-state index in [2.05, 4.69) is 26.3 Å². The summed E-state index contributed by atoms with van der Waals surface area (Å²) < 4.78 is 41.6. The first-order chi connectivity index (χ1) is 12.7. The van der Waals surface area contributed by atoms with Crippen LogP contribution in [0.5, 0.6) is 0 Å². The van der Waals surface area contributed by atoms with Crippen LogP contribution >= 0.6 is 15.9 Å². The number of carbonyl (C=O) groups is 1. The Morgan fingerprint density at radius 1 is 1.26 bits per heavy atom. The average molecular weight is 444 g/mol. The predicted octanol–water partition coefficient (Wildman–Crippen LogP) is 5.47. The quantitative estimate of drug-likeness (QED) is 0.683. The van der Waals surface area contributed by atoms with Crippen molar-refractivity contribution in [1.82, 2.24) is 9.78 Å². The van der Waals surface area contributed by atoms with Gasteiger partial charge in [0.05, 0.1) is 11.6 Å². The molecule has 1 aliphatic carbocycles. The van der Waals surface area contributed by atoms with Crippen molar-refractivity contribution in [1.29, 1.82) is 0 Å². The number of rotatable bonds is 3. The molecule has 8 heteroatoms. The summed E-state index contributed by atoms with van der Waals surface area (Å²) in [6, 6.07) is 7.60. The molecule has 0 radical (unpaired) electrons. The van der Waals surface area contributed by atoms with Gasteiger partial charge >= 0.3 is 6.18 Å². The van der Waals surface area contributed by atoms with E-state index in [1.807, 2.05) is 31.2 Å². The normalized spacial score (nSPS) is 20.5. The summed E-state index contributed by atoms with van der Waals surface area (Å²) in [6.07, 6.45) is -3.41. The largest absolute Gasteiger partial charge is 0.391 e. The number of nitrogens with one attached hydrogen (secondary N) is 1. The molecule has 2 atom stereocenters. The van der Waals surface area contributed by atoms with Crippen molar-refractivity contribution in [3.05, 3.63) is 34.4 Å². The van der Waals surface area contributed by atoms with Gasteiger partial charge in [0.1, 0.15) is 5.82 Å². The molecule has 2 aromatic rings. The number of amides is 1. The van der Waals surface area contributed by atoms with Gasteiger partial charge in [-0.2, -0.15) is 18.3 Å². The highest BCUT2D eigenvalue weighted by Gasteiger charge is 2.43. The Bertz CT molecular complexity index is 830. The number of carbonyl (C=O) groups excluding carboxylic acids is 1. The molecule has 1 amide bonds. The topological polar surface area (TPSA) is 46.9 Å². The molecule has 27 heavy (non-hydrogen) atoms. The van der Waals surface area contributed by atoms with Crippen molar-refractivity contribution >= 4 is 27.7 Å². The summed E-state index contributed by atoms with van der Waals surface area (Å²) >= 11 is 3.39. The fourth-order valence-corrected chi connectivity index (χ4v) is 3.97. The third-order valence-corrected chi connectivity index (χ3v) is 5.63. The van der Waals surface area contributed by atoms with Crippen molar-refractivity contribution in [2.45, 2.75) is 38.8 Å². The highest BCUT2D eigenvalue weighted by atomic mass is 79.9. The van der Waals surface area contributed by atoms with Crippen LogP contribution in [0.25, 0.3) is 11.1 Å². The Kier molecular flexibility index (Phi) is 5.65. The Labute approximate surface area is 164 Å². The van der Waals surface area contributed by atoms with Gasteiger partial charge in [0.2, 0.25) is 5.91 Å². The lowest BCUT2D eigenvalue weighted by molar-refractivity contribution is -0.185. The minimum atomic E-state index is -4.25. The third kappa shape index (κ3) is 4.36. The van der Waals surface area contributed by atoms with E-state index in [4.69, 9.17) is 0 Å². The molecule has 1 N–H and O–H groups in total. The molecular weight excluding hydrogens is 423 g/mol. The highest BCUT2D eigenvalue weighted by Crippen LogP contribution is 2.40. The standard InChI is InChI=1S/C19H21BrF3N3O/c1-11-16(12-6-8-15(20)9-7-12)17(26(2)25-11)24-18(27)13-4-3-5-14(10-13)19(21,22)23/h6-9,13-14H,3-5,10H2,1-2H3,(H,24,27). The van der Waals surface area contributed by atoms with Gasteiger partial charge in [0.25, 0.3) is 0 Å². The summed E-state index contributed by atoms with van der Waals surface area (Å²) in [7, 11) is 1.71. The van der Waals surface area contributed by atoms with Crippen LogP contribution in [0.2, 0.25) is 0 Å². The SMILES string of the molecule is Cc1nn(C)c(NC(=O)C2CCCC(C(F)(F)F)C2)c1-c1ccc(Br)cc1. The van der Waals surface area contributed by atoms with Gasteiger partial charge in [0.15, 0.2) is 0 Å². The number of alkyl halides is 3. The number of hydrogen-bond donors (Lipinski definition) is 1. The summed E-state index contributed by atoms with van der Waals surface area (Å²) in [6.45, 7) is 1.84. The first-order valence-corrected chi connectivity index (χ1v) is 9.63. The zero-order valence-electron chi connectivity index (χ0n) is 15.1. The summed E-state index contributed by atoms with van der Waals surface area (Å²) in [4.78, 5) is 12.7. The number of nitrogens with zero attached hydrogens (tertiary/aromatic N) is 2. The molecule has 146 valence electrons. The predicted molar refractivity (Wildman–Crippen MR) is 101 cm³/mol. The molecule has 3 rings (SSSR count). The van der Waals surface area contributed by atoms with Gasteiger partial charge in [-0.15, -0.1) is 0 Å². The van der Waals surface area contributed by atoms with Crippen LogP contribution in [0.1, 0.15) is 31.4 Å². The van der Waals surface area contributed by atoms with Crippen molar-refractivity contribution in [3.8, 4) is 11.1 Å². The Morgan fingerprint density at radius 3 is 2.56 bits per heavy atom. The Hall–Kier alpha value is -1.83. The van der Waals surface area contributed by atoms with Gasteiger partial charge in [-0.3, -0.25) is 9.48 Å². The van der Waals surface area contributed by atoms with Crippen LogP contribution in [0, 0.1) is 18.8 Å². The molecule has 1 aliphatic rings. The lowest BCUT2D eigenvalue weighted by Gasteiger charge is -2.29. The molecule has 1 fully saturated rings. The number of halogens is 4. The monoisotopic (exact) mass is 443 g/mol. The second kappa shape index (κ2) is 7.66. The highest BCUT2D eigenvalue weighted by molar-refractivity contribution is 9.10. The van der Waals surface area contributed by atoms with E-state index in [0.717, 1.165) is 21.3 Å². The van der Waals surface area contributed by atoms with Gasteiger partial charge < -0.3 is 5.32 Å². The molecule has 0 bridgehead atoms. The molecule has 1 aromatic heterocycles.